The predicted octanol–water partition coefficient (Wildman–Crippen LogP) is 1.35. The number of nitrogens with one attached hydrogen (secondary N) is 1. The van der Waals surface area contributed by atoms with E-state index in [1.807, 2.05) is 13.8 Å². The number of nitrogens with zero attached hydrogens (tertiary/aromatic N) is 1. The summed E-state index contributed by atoms with van der Waals surface area (Å²) in [4.78, 5) is 14.1. The molecule has 0 aromatic heterocycles. The number of hydrogen-bond donors (Lipinski definition) is 2. The molecule has 1 aromatic rings. The fourth-order valence-corrected chi connectivity index (χ4v) is 2.36. The molecule has 5 heteroatoms. The van der Waals surface area contributed by atoms with Crippen LogP contribution in [-0.2, 0) is 0 Å². The first-order chi connectivity index (χ1) is 8.50. The Bertz CT molecular complexity index is 454. The van der Waals surface area contributed by atoms with Crippen LogP contribution in [0.2, 0.25) is 0 Å². The largest absolute Gasteiger partial charge is 0.507 e. The second kappa shape index (κ2) is 4.94. The number of amides is 1. The Labute approximate surface area is 105 Å². The molecule has 0 spiro atoms. The molecular formula is C13H17FN2O2. The predicted molar refractivity (Wildman–Crippen MR) is 66.0 cm³/mol. The zero-order valence-corrected chi connectivity index (χ0v) is 10.5. The fraction of sp³-hybridized carbons (Fsp3) is 0.462. The highest BCUT2D eigenvalue weighted by Gasteiger charge is 2.30. The van der Waals surface area contributed by atoms with Gasteiger partial charge in [-0.1, -0.05) is 0 Å². The summed E-state index contributed by atoms with van der Waals surface area (Å²) in [5.41, 5.74) is 0.150. The molecule has 1 heterocycles. The smallest absolute Gasteiger partial charge is 0.258 e. The molecule has 2 unspecified atom stereocenters. The zero-order valence-electron chi connectivity index (χ0n) is 10.5. The van der Waals surface area contributed by atoms with Crippen LogP contribution in [0.1, 0.15) is 24.2 Å². The Morgan fingerprint density at radius 2 is 2.00 bits per heavy atom. The summed E-state index contributed by atoms with van der Waals surface area (Å²) in [7, 11) is 0. The van der Waals surface area contributed by atoms with E-state index in [-0.39, 0.29) is 29.3 Å². The van der Waals surface area contributed by atoms with Gasteiger partial charge >= 0.3 is 0 Å². The van der Waals surface area contributed by atoms with Gasteiger partial charge in [-0.2, -0.15) is 0 Å². The van der Waals surface area contributed by atoms with Crippen molar-refractivity contribution >= 4 is 5.91 Å². The zero-order chi connectivity index (χ0) is 13.3. The summed E-state index contributed by atoms with van der Waals surface area (Å²) in [6, 6.07) is 3.57. The van der Waals surface area contributed by atoms with Gasteiger partial charge in [-0.15, -0.1) is 0 Å². The number of hydrogen-bond acceptors (Lipinski definition) is 3. The molecule has 2 atom stereocenters. The van der Waals surface area contributed by atoms with E-state index in [2.05, 4.69) is 5.32 Å². The van der Waals surface area contributed by atoms with Crippen LogP contribution in [0.4, 0.5) is 4.39 Å². The number of phenols is 1. The van der Waals surface area contributed by atoms with Crippen molar-refractivity contribution in [1.82, 2.24) is 10.2 Å². The van der Waals surface area contributed by atoms with Crippen molar-refractivity contribution in [2.24, 2.45) is 0 Å². The molecule has 1 amide bonds. The second-order valence-corrected chi connectivity index (χ2v) is 4.73. The van der Waals surface area contributed by atoms with E-state index in [9.17, 15) is 14.3 Å². The lowest BCUT2D eigenvalue weighted by Gasteiger charge is -2.39. The van der Waals surface area contributed by atoms with E-state index in [1.54, 1.807) is 4.90 Å². The van der Waals surface area contributed by atoms with Gasteiger partial charge in [0.15, 0.2) is 0 Å². The molecular weight excluding hydrogens is 235 g/mol. The highest BCUT2D eigenvalue weighted by Crippen LogP contribution is 2.22. The molecule has 1 aromatic carbocycles. The molecule has 2 N–H and O–H groups in total. The molecule has 18 heavy (non-hydrogen) atoms. The topological polar surface area (TPSA) is 52.6 Å². The average Bonchev–Trinajstić information content (AvgIpc) is 2.28. The van der Waals surface area contributed by atoms with E-state index >= 15 is 0 Å². The lowest BCUT2D eigenvalue weighted by molar-refractivity contribution is 0.0541. The summed E-state index contributed by atoms with van der Waals surface area (Å²) in [6.07, 6.45) is 0. The SMILES string of the molecule is CC1CNCC(C)N1C(=O)c1ccc(F)cc1O. The molecule has 98 valence electrons. The molecule has 0 aliphatic carbocycles. The van der Waals surface area contributed by atoms with Crippen LogP contribution in [0.5, 0.6) is 5.75 Å². The normalized spacial score (nSPS) is 24.1. The van der Waals surface area contributed by atoms with Gasteiger partial charge in [0.05, 0.1) is 5.56 Å². The minimum Gasteiger partial charge on any atom is -0.507 e. The van der Waals surface area contributed by atoms with Crippen LogP contribution in [0.25, 0.3) is 0 Å². The van der Waals surface area contributed by atoms with Gasteiger partial charge in [0.2, 0.25) is 0 Å². The van der Waals surface area contributed by atoms with Crippen molar-refractivity contribution in [3.63, 3.8) is 0 Å². The standard InChI is InChI=1S/C13H17FN2O2/c1-8-6-15-7-9(2)16(8)13(18)11-4-3-10(14)5-12(11)17/h3-5,8-9,15,17H,6-7H2,1-2H3. The number of carbonyl (C=O) groups excluding carboxylic acids is 1. The minimum absolute atomic E-state index is 0.0469. The first-order valence-corrected chi connectivity index (χ1v) is 6.02. The number of halogens is 1. The lowest BCUT2D eigenvalue weighted by Crippen LogP contribution is -2.57. The van der Waals surface area contributed by atoms with Crippen LogP contribution in [0.3, 0.4) is 0 Å². The number of rotatable bonds is 1. The van der Waals surface area contributed by atoms with Gasteiger partial charge in [-0.3, -0.25) is 4.79 Å². The Morgan fingerprint density at radius 1 is 1.39 bits per heavy atom. The number of piperazine rings is 1. The van der Waals surface area contributed by atoms with Crippen molar-refractivity contribution in [3.8, 4) is 5.75 Å². The van der Waals surface area contributed by atoms with Gasteiger partial charge in [-0.25, -0.2) is 4.39 Å². The number of aromatic hydroxyl groups is 1. The molecule has 1 saturated heterocycles. The molecule has 0 bridgehead atoms. The third-order valence-electron chi connectivity index (χ3n) is 3.25. The number of phenolic OH excluding ortho intramolecular Hbond substituents is 1. The van der Waals surface area contributed by atoms with Crippen LogP contribution in [0.15, 0.2) is 18.2 Å². The lowest BCUT2D eigenvalue weighted by atomic mass is 10.1. The molecule has 0 saturated carbocycles. The van der Waals surface area contributed by atoms with Crippen molar-refractivity contribution in [2.45, 2.75) is 25.9 Å². The summed E-state index contributed by atoms with van der Waals surface area (Å²) in [5, 5.41) is 12.9. The maximum atomic E-state index is 12.9. The van der Waals surface area contributed by atoms with E-state index in [4.69, 9.17) is 0 Å². The fourth-order valence-electron chi connectivity index (χ4n) is 2.36. The van der Waals surface area contributed by atoms with Crippen LogP contribution in [-0.4, -0.2) is 41.1 Å². The van der Waals surface area contributed by atoms with Crippen LogP contribution in [0, 0.1) is 5.82 Å². The third kappa shape index (κ3) is 2.31. The van der Waals surface area contributed by atoms with Crippen molar-refractivity contribution in [3.05, 3.63) is 29.6 Å². The van der Waals surface area contributed by atoms with E-state index in [0.717, 1.165) is 19.2 Å². The second-order valence-electron chi connectivity index (χ2n) is 4.73. The Balaban J connectivity index is 2.29. The van der Waals surface area contributed by atoms with E-state index < -0.39 is 5.82 Å². The van der Waals surface area contributed by atoms with E-state index in [0.29, 0.717) is 0 Å². The highest BCUT2D eigenvalue weighted by atomic mass is 19.1. The Morgan fingerprint density at radius 3 is 2.56 bits per heavy atom. The summed E-state index contributed by atoms with van der Waals surface area (Å²) in [5.74, 6) is -1.11. The monoisotopic (exact) mass is 252 g/mol. The molecule has 2 rings (SSSR count). The van der Waals surface area contributed by atoms with Gasteiger partial charge in [0.25, 0.3) is 5.91 Å². The van der Waals surface area contributed by atoms with Gasteiger partial charge < -0.3 is 15.3 Å². The average molecular weight is 252 g/mol. The summed E-state index contributed by atoms with van der Waals surface area (Å²) in [6.45, 7) is 5.33. The van der Waals surface area contributed by atoms with Crippen molar-refractivity contribution in [2.75, 3.05) is 13.1 Å². The summed E-state index contributed by atoms with van der Waals surface area (Å²) < 4.78 is 12.9. The Hall–Kier alpha value is -1.62. The van der Waals surface area contributed by atoms with Crippen LogP contribution >= 0.6 is 0 Å². The number of benzene rings is 1. The van der Waals surface area contributed by atoms with Gasteiger partial charge in [-0.05, 0) is 26.0 Å². The van der Waals surface area contributed by atoms with Crippen LogP contribution < -0.4 is 5.32 Å². The molecule has 1 fully saturated rings. The maximum absolute atomic E-state index is 12.9. The molecule has 0 radical (unpaired) electrons. The first-order valence-electron chi connectivity index (χ1n) is 6.02. The van der Waals surface area contributed by atoms with Gasteiger partial charge in [0.1, 0.15) is 11.6 Å². The first kappa shape index (κ1) is 12.8. The third-order valence-corrected chi connectivity index (χ3v) is 3.25. The number of carbonyl (C=O) groups is 1. The molecule has 4 nitrogen and oxygen atoms in total. The van der Waals surface area contributed by atoms with Crippen molar-refractivity contribution in [1.29, 1.82) is 0 Å². The molecule has 1 aliphatic rings. The summed E-state index contributed by atoms with van der Waals surface area (Å²) >= 11 is 0. The van der Waals surface area contributed by atoms with Crippen molar-refractivity contribution < 1.29 is 14.3 Å². The Kier molecular flexibility index (Phi) is 3.52. The minimum atomic E-state index is -0.551. The highest BCUT2D eigenvalue weighted by molar-refractivity contribution is 5.97. The maximum Gasteiger partial charge on any atom is 0.258 e. The van der Waals surface area contributed by atoms with E-state index in [1.165, 1.54) is 12.1 Å². The van der Waals surface area contributed by atoms with Gasteiger partial charge in [0, 0.05) is 31.2 Å². The quantitative estimate of drug-likeness (QED) is 0.793. The molecule has 1 aliphatic heterocycles.